The van der Waals surface area contributed by atoms with Crippen LogP contribution in [-0.2, 0) is 19.1 Å². The summed E-state index contributed by atoms with van der Waals surface area (Å²) in [5.74, 6) is -1.43. The number of esters is 1. The molecule has 0 amide bonds. The Morgan fingerprint density at radius 2 is 1.95 bits per heavy atom. The molecule has 2 aliphatic rings. The van der Waals surface area contributed by atoms with Crippen molar-refractivity contribution in [1.82, 2.24) is 4.98 Å². The van der Waals surface area contributed by atoms with Crippen molar-refractivity contribution in [3.63, 3.8) is 0 Å². The van der Waals surface area contributed by atoms with E-state index >= 15 is 0 Å². The highest BCUT2D eigenvalue weighted by Crippen LogP contribution is 2.45. The van der Waals surface area contributed by atoms with Crippen LogP contribution in [0.3, 0.4) is 0 Å². The molecule has 0 spiro atoms. The van der Waals surface area contributed by atoms with E-state index in [9.17, 15) is 19.8 Å². The molecule has 2 N–H and O–H groups in total. The number of nitrogens with zero attached hydrogens (tertiary/aromatic N) is 1. The lowest BCUT2D eigenvalue weighted by Gasteiger charge is -2.36. The van der Waals surface area contributed by atoms with Crippen LogP contribution in [0.2, 0.25) is 0 Å². The lowest BCUT2D eigenvalue weighted by atomic mass is 9.71. The molecule has 2 aliphatic heterocycles. The number of ketones is 1. The molecule has 37 heavy (non-hydrogen) atoms. The zero-order valence-electron chi connectivity index (χ0n) is 23.3. The van der Waals surface area contributed by atoms with Crippen LogP contribution in [0.15, 0.2) is 30.0 Å². The van der Waals surface area contributed by atoms with Crippen LogP contribution in [0.25, 0.3) is 6.08 Å². The number of ether oxygens (including phenoxy) is 2. The van der Waals surface area contributed by atoms with E-state index in [1.165, 1.54) is 0 Å². The summed E-state index contributed by atoms with van der Waals surface area (Å²) in [7, 11) is 0. The summed E-state index contributed by atoms with van der Waals surface area (Å²) in [6.45, 7) is 11.3. The van der Waals surface area contributed by atoms with E-state index in [0.717, 1.165) is 37.0 Å². The Morgan fingerprint density at radius 1 is 1.22 bits per heavy atom. The number of aromatic nitrogens is 1. The lowest BCUT2D eigenvalue weighted by molar-refractivity contribution is -0.154. The summed E-state index contributed by atoms with van der Waals surface area (Å²) in [6.07, 6.45) is 4.94. The smallest absolute Gasteiger partial charge is 0.309 e. The molecular formula is C30H45NO6. The highest BCUT2D eigenvalue weighted by molar-refractivity contribution is 5.88. The summed E-state index contributed by atoms with van der Waals surface area (Å²) in [6, 6.07) is 5.63. The van der Waals surface area contributed by atoms with Gasteiger partial charge in [-0.2, -0.15) is 0 Å². The summed E-state index contributed by atoms with van der Waals surface area (Å²) >= 11 is 0. The molecule has 7 atom stereocenters. The number of fused-ring (bicyclic) bond motifs is 1. The van der Waals surface area contributed by atoms with Gasteiger partial charge in [-0.05, 0) is 62.8 Å². The summed E-state index contributed by atoms with van der Waals surface area (Å²) < 4.78 is 12.0. The molecule has 1 aromatic rings. The first kappa shape index (κ1) is 29.5. The first-order chi connectivity index (χ1) is 17.4. The number of carbonyl (C=O) groups excluding carboxylic acids is 2. The Kier molecular flexibility index (Phi) is 9.70. The maximum absolute atomic E-state index is 13.6. The van der Waals surface area contributed by atoms with Gasteiger partial charge in [0.1, 0.15) is 11.9 Å². The van der Waals surface area contributed by atoms with Gasteiger partial charge in [0, 0.05) is 18.5 Å². The molecule has 1 aromatic heterocycles. The van der Waals surface area contributed by atoms with E-state index in [4.69, 9.17) is 9.47 Å². The quantitative estimate of drug-likeness (QED) is 0.434. The van der Waals surface area contributed by atoms with Gasteiger partial charge in [0.25, 0.3) is 0 Å². The van der Waals surface area contributed by atoms with Crippen molar-refractivity contribution in [3.05, 3.63) is 35.7 Å². The van der Waals surface area contributed by atoms with Gasteiger partial charge < -0.3 is 19.7 Å². The molecule has 0 unspecified atom stereocenters. The molecule has 3 heterocycles. The molecule has 7 heteroatoms. The minimum Gasteiger partial charge on any atom is -0.458 e. The third-order valence-corrected chi connectivity index (χ3v) is 8.40. The third-order valence-electron chi connectivity index (χ3n) is 8.40. The van der Waals surface area contributed by atoms with Crippen LogP contribution in [0, 0.1) is 17.3 Å². The number of Topliss-reactive ketones (excluding diaryl/α,β-unsaturated/α-hetero) is 1. The number of hydrogen-bond donors (Lipinski definition) is 2. The van der Waals surface area contributed by atoms with E-state index in [2.05, 4.69) is 11.9 Å². The fourth-order valence-corrected chi connectivity index (χ4v) is 5.49. The fraction of sp³-hybridized carbons (Fsp3) is 0.700. The van der Waals surface area contributed by atoms with Gasteiger partial charge in [-0.25, -0.2) is 0 Å². The van der Waals surface area contributed by atoms with Crippen LogP contribution in [0.5, 0.6) is 0 Å². The Morgan fingerprint density at radius 3 is 2.59 bits per heavy atom. The number of pyridine rings is 1. The number of aliphatic hydroxyl groups is 2. The molecule has 0 aliphatic carbocycles. The van der Waals surface area contributed by atoms with Crippen LogP contribution >= 0.6 is 0 Å². The fourth-order valence-electron chi connectivity index (χ4n) is 5.49. The maximum Gasteiger partial charge on any atom is 0.309 e. The Bertz CT molecular complexity index is 960. The summed E-state index contributed by atoms with van der Waals surface area (Å²) in [4.78, 5) is 31.0. The van der Waals surface area contributed by atoms with Gasteiger partial charge in [0.15, 0.2) is 0 Å². The monoisotopic (exact) mass is 515 g/mol. The molecule has 0 radical (unpaired) electrons. The summed E-state index contributed by atoms with van der Waals surface area (Å²) in [5.41, 5.74) is 0.0977. The lowest BCUT2D eigenvalue weighted by Crippen LogP contribution is -2.46. The Labute approximate surface area is 221 Å². The molecule has 0 bridgehead atoms. The molecule has 2 fully saturated rings. The van der Waals surface area contributed by atoms with Gasteiger partial charge in [0.05, 0.1) is 41.4 Å². The standard InChI is InChI=1S/C30H45NO6/c1-7-11-22-27(34)19(2)12-10-14-30(6)25(37-30)17-23(20(3)16-21-13-8-9-15-31-21)36-26(33)18-24(32)29(4,5)28(22)35/h8-9,13,15-16,19,22-25,27,32,34H,7,10-12,14,17-18H2,1-6H3/t19-,22+,23-,24-,25-,27+,30+/m0/s1. The average Bonchev–Trinajstić information content (AvgIpc) is 3.49. The zero-order chi connectivity index (χ0) is 27.4. The van der Waals surface area contributed by atoms with Crippen LogP contribution in [0.1, 0.15) is 92.2 Å². The SMILES string of the molecule is CCC[C@H]1C(=O)C(C)(C)[C@@H](O)CC(=O)O[C@H](C(C)=Cc2ccccn2)C[C@@H]2O[C@]2(C)CCC[C@H](C)[C@H]1O. The first-order valence-electron chi connectivity index (χ1n) is 13.8. The van der Waals surface area contributed by atoms with Gasteiger partial charge in [-0.3, -0.25) is 14.6 Å². The van der Waals surface area contributed by atoms with E-state index in [1.54, 1.807) is 20.0 Å². The largest absolute Gasteiger partial charge is 0.458 e. The van der Waals surface area contributed by atoms with Crippen molar-refractivity contribution >= 4 is 17.8 Å². The number of aliphatic hydroxyl groups excluding tert-OH is 2. The van der Waals surface area contributed by atoms with Crippen molar-refractivity contribution in [1.29, 1.82) is 0 Å². The second-order valence-corrected chi connectivity index (χ2v) is 11.8. The van der Waals surface area contributed by atoms with Gasteiger partial charge in [-0.15, -0.1) is 0 Å². The molecule has 0 aromatic carbocycles. The average molecular weight is 516 g/mol. The van der Waals surface area contributed by atoms with Gasteiger partial charge in [0.2, 0.25) is 0 Å². The first-order valence-corrected chi connectivity index (χ1v) is 13.8. The number of carbonyl (C=O) groups is 2. The van der Waals surface area contributed by atoms with Crippen molar-refractivity contribution in [3.8, 4) is 0 Å². The topological polar surface area (TPSA) is 109 Å². The van der Waals surface area contributed by atoms with Crippen LogP contribution in [-0.4, -0.2) is 57.0 Å². The van der Waals surface area contributed by atoms with E-state index in [0.29, 0.717) is 12.8 Å². The number of rotatable bonds is 4. The summed E-state index contributed by atoms with van der Waals surface area (Å²) in [5, 5.41) is 22.2. The number of cyclic esters (lactones) is 1. The highest BCUT2D eigenvalue weighted by Gasteiger charge is 2.53. The van der Waals surface area contributed by atoms with Crippen LogP contribution < -0.4 is 0 Å². The molecule has 3 rings (SSSR count). The molecule has 7 nitrogen and oxygen atoms in total. The van der Waals surface area contributed by atoms with Crippen molar-refractivity contribution in [2.75, 3.05) is 0 Å². The normalized spacial score (nSPS) is 35.9. The molecule has 0 saturated carbocycles. The van der Waals surface area contributed by atoms with Crippen LogP contribution in [0.4, 0.5) is 0 Å². The van der Waals surface area contributed by atoms with E-state index < -0.39 is 35.6 Å². The van der Waals surface area contributed by atoms with Gasteiger partial charge >= 0.3 is 5.97 Å². The highest BCUT2D eigenvalue weighted by atomic mass is 16.6. The number of epoxide rings is 1. The van der Waals surface area contributed by atoms with Crippen molar-refractivity contribution < 1.29 is 29.3 Å². The molecule has 206 valence electrons. The van der Waals surface area contributed by atoms with E-state index in [1.807, 2.05) is 45.0 Å². The second-order valence-electron chi connectivity index (χ2n) is 11.8. The zero-order valence-corrected chi connectivity index (χ0v) is 23.3. The Balaban J connectivity index is 1.88. The predicted molar refractivity (Wildman–Crippen MR) is 142 cm³/mol. The number of hydrogen-bond acceptors (Lipinski definition) is 7. The van der Waals surface area contributed by atoms with E-state index in [-0.39, 0.29) is 29.8 Å². The van der Waals surface area contributed by atoms with Crippen molar-refractivity contribution in [2.24, 2.45) is 17.3 Å². The minimum absolute atomic E-state index is 0.0544. The van der Waals surface area contributed by atoms with Crippen molar-refractivity contribution in [2.45, 2.75) is 117 Å². The second kappa shape index (κ2) is 12.2. The maximum atomic E-state index is 13.6. The molecule has 2 saturated heterocycles. The minimum atomic E-state index is -1.23. The molecular weight excluding hydrogens is 470 g/mol. The third kappa shape index (κ3) is 7.27. The van der Waals surface area contributed by atoms with Gasteiger partial charge in [-0.1, -0.05) is 46.6 Å². The Hall–Kier alpha value is -2.09. The predicted octanol–water partition coefficient (Wildman–Crippen LogP) is 4.89.